The van der Waals surface area contributed by atoms with Crippen LogP contribution in [0.1, 0.15) is 16.7 Å². The van der Waals surface area contributed by atoms with Crippen LogP contribution in [0.15, 0.2) is 67.0 Å². The molecule has 30 heavy (non-hydrogen) atoms. The minimum absolute atomic E-state index is 0.679. The van der Waals surface area contributed by atoms with Crippen molar-refractivity contribution >= 4 is 23.0 Å². The number of rotatable bonds is 8. The maximum absolute atomic E-state index is 5.74. The van der Waals surface area contributed by atoms with Crippen LogP contribution >= 0.6 is 12.2 Å². The van der Waals surface area contributed by atoms with Crippen molar-refractivity contribution in [3.8, 4) is 11.5 Å². The zero-order chi connectivity index (χ0) is 21.3. The van der Waals surface area contributed by atoms with Crippen molar-refractivity contribution in [1.29, 1.82) is 0 Å². The number of pyridine rings is 1. The van der Waals surface area contributed by atoms with Crippen molar-refractivity contribution in [2.45, 2.75) is 19.9 Å². The summed E-state index contributed by atoms with van der Waals surface area (Å²) in [6, 6.07) is 18.2. The van der Waals surface area contributed by atoms with Gasteiger partial charge in [0.2, 0.25) is 0 Å². The average molecular weight is 422 g/mol. The first-order valence-corrected chi connectivity index (χ1v) is 10.2. The summed E-state index contributed by atoms with van der Waals surface area (Å²) in [4.78, 5) is 6.39. The van der Waals surface area contributed by atoms with Gasteiger partial charge in [-0.05, 0) is 67.0 Å². The van der Waals surface area contributed by atoms with Crippen LogP contribution in [-0.4, -0.2) is 35.8 Å². The molecule has 0 bridgehead atoms. The minimum Gasteiger partial charge on any atom is -0.493 e. The van der Waals surface area contributed by atoms with Crippen molar-refractivity contribution in [2.24, 2.45) is 0 Å². The summed E-state index contributed by atoms with van der Waals surface area (Å²) in [7, 11) is 3.29. The Balaban J connectivity index is 1.73. The third-order valence-corrected chi connectivity index (χ3v) is 5.16. The van der Waals surface area contributed by atoms with Gasteiger partial charge in [0, 0.05) is 31.2 Å². The van der Waals surface area contributed by atoms with E-state index in [2.05, 4.69) is 46.4 Å². The summed E-state index contributed by atoms with van der Waals surface area (Å²) in [5, 5.41) is 4.04. The molecule has 0 amide bonds. The van der Waals surface area contributed by atoms with Gasteiger partial charge in [0.1, 0.15) is 0 Å². The predicted molar refractivity (Wildman–Crippen MR) is 125 cm³/mol. The first-order valence-electron chi connectivity index (χ1n) is 9.81. The van der Waals surface area contributed by atoms with Crippen LogP contribution in [0.5, 0.6) is 11.5 Å². The number of benzene rings is 2. The van der Waals surface area contributed by atoms with Crippen LogP contribution in [0.4, 0.5) is 5.69 Å². The second kappa shape index (κ2) is 10.6. The SMILES string of the molecule is COc1ccc(CCN(Cc2cccnc2)C(=S)Nc2ccc(C)cc2)cc1OC. The molecule has 0 radical (unpaired) electrons. The number of hydrogen-bond donors (Lipinski definition) is 1. The standard InChI is InChI=1S/C24H27N3O2S/c1-18-6-9-21(10-7-18)26-24(30)27(17-20-5-4-13-25-16-20)14-12-19-8-11-22(28-2)23(15-19)29-3/h4-11,13,15-16H,12,14,17H2,1-3H3,(H,26,30). The summed E-state index contributed by atoms with van der Waals surface area (Å²) in [6.07, 6.45) is 4.47. The molecule has 0 aliphatic rings. The minimum atomic E-state index is 0.679. The molecule has 5 nitrogen and oxygen atoms in total. The average Bonchev–Trinajstić information content (AvgIpc) is 2.78. The number of methoxy groups -OCH3 is 2. The molecular weight excluding hydrogens is 394 g/mol. The van der Waals surface area contributed by atoms with E-state index in [0.717, 1.165) is 41.3 Å². The Labute approximate surface area is 183 Å². The second-order valence-electron chi connectivity index (χ2n) is 7.02. The van der Waals surface area contributed by atoms with Gasteiger partial charge in [-0.3, -0.25) is 4.98 Å². The van der Waals surface area contributed by atoms with E-state index in [0.29, 0.717) is 11.7 Å². The van der Waals surface area contributed by atoms with Gasteiger partial charge in [0.25, 0.3) is 0 Å². The van der Waals surface area contributed by atoms with Crippen LogP contribution in [-0.2, 0) is 13.0 Å². The van der Waals surface area contributed by atoms with Crippen molar-refractivity contribution in [1.82, 2.24) is 9.88 Å². The van der Waals surface area contributed by atoms with Gasteiger partial charge in [-0.1, -0.05) is 29.8 Å². The highest BCUT2D eigenvalue weighted by Crippen LogP contribution is 2.27. The Morgan fingerprint density at radius 1 is 1.00 bits per heavy atom. The Morgan fingerprint density at radius 2 is 1.77 bits per heavy atom. The summed E-state index contributed by atoms with van der Waals surface area (Å²) >= 11 is 5.74. The molecular formula is C24H27N3O2S. The molecule has 0 spiro atoms. The summed E-state index contributed by atoms with van der Waals surface area (Å²) in [5.74, 6) is 1.46. The zero-order valence-electron chi connectivity index (χ0n) is 17.6. The van der Waals surface area contributed by atoms with E-state index in [1.54, 1.807) is 20.4 Å². The van der Waals surface area contributed by atoms with Gasteiger partial charge in [-0.15, -0.1) is 0 Å². The second-order valence-corrected chi connectivity index (χ2v) is 7.41. The van der Waals surface area contributed by atoms with Crippen molar-refractivity contribution in [3.63, 3.8) is 0 Å². The fourth-order valence-electron chi connectivity index (χ4n) is 3.10. The number of aromatic nitrogens is 1. The van der Waals surface area contributed by atoms with Gasteiger partial charge in [-0.25, -0.2) is 0 Å². The van der Waals surface area contributed by atoms with Gasteiger partial charge in [0.05, 0.1) is 14.2 Å². The lowest BCUT2D eigenvalue weighted by Gasteiger charge is -2.26. The Hall–Kier alpha value is -3.12. The molecule has 2 aromatic carbocycles. The van der Waals surface area contributed by atoms with Crippen LogP contribution in [0.25, 0.3) is 0 Å². The van der Waals surface area contributed by atoms with Gasteiger partial charge in [0.15, 0.2) is 16.6 Å². The molecule has 156 valence electrons. The van der Waals surface area contributed by atoms with E-state index in [-0.39, 0.29) is 0 Å². The number of nitrogens with one attached hydrogen (secondary N) is 1. The molecule has 0 unspecified atom stereocenters. The maximum Gasteiger partial charge on any atom is 0.173 e. The molecule has 0 saturated carbocycles. The maximum atomic E-state index is 5.74. The van der Waals surface area contributed by atoms with Crippen LogP contribution in [0, 0.1) is 6.92 Å². The Morgan fingerprint density at radius 3 is 2.43 bits per heavy atom. The van der Waals surface area contributed by atoms with Crippen molar-refractivity contribution < 1.29 is 9.47 Å². The fraction of sp³-hybridized carbons (Fsp3) is 0.250. The van der Waals surface area contributed by atoms with E-state index >= 15 is 0 Å². The molecule has 0 aliphatic heterocycles. The van der Waals surface area contributed by atoms with Crippen LogP contribution < -0.4 is 14.8 Å². The first-order chi connectivity index (χ1) is 14.6. The summed E-state index contributed by atoms with van der Waals surface area (Å²) in [6.45, 7) is 3.50. The highest BCUT2D eigenvalue weighted by atomic mass is 32.1. The number of aryl methyl sites for hydroxylation is 1. The molecule has 3 rings (SSSR count). The van der Waals surface area contributed by atoms with Crippen LogP contribution in [0.2, 0.25) is 0 Å². The van der Waals surface area contributed by atoms with Crippen molar-refractivity contribution in [2.75, 3.05) is 26.1 Å². The topological polar surface area (TPSA) is 46.6 Å². The number of ether oxygens (including phenoxy) is 2. The lowest BCUT2D eigenvalue weighted by molar-refractivity contribution is 0.354. The molecule has 1 heterocycles. The normalized spacial score (nSPS) is 10.4. The lowest BCUT2D eigenvalue weighted by Crippen LogP contribution is -2.35. The zero-order valence-corrected chi connectivity index (χ0v) is 18.4. The monoisotopic (exact) mass is 421 g/mol. The molecule has 1 aromatic heterocycles. The molecule has 0 fully saturated rings. The summed E-state index contributed by atoms with van der Waals surface area (Å²) in [5.41, 5.74) is 4.46. The quantitative estimate of drug-likeness (QED) is 0.525. The smallest absolute Gasteiger partial charge is 0.173 e. The number of anilines is 1. The summed E-state index contributed by atoms with van der Waals surface area (Å²) < 4.78 is 10.8. The van der Waals surface area contributed by atoms with Gasteiger partial charge >= 0.3 is 0 Å². The molecule has 6 heteroatoms. The van der Waals surface area contributed by atoms with E-state index < -0.39 is 0 Å². The third-order valence-electron chi connectivity index (χ3n) is 4.80. The lowest BCUT2D eigenvalue weighted by atomic mass is 10.1. The third kappa shape index (κ3) is 5.94. The van der Waals surface area contributed by atoms with Gasteiger partial charge < -0.3 is 19.7 Å². The van der Waals surface area contributed by atoms with E-state index in [4.69, 9.17) is 21.7 Å². The van der Waals surface area contributed by atoms with E-state index in [1.165, 1.54) is 5.56 Å². The molecule has 3 aromatic rings. The Bertz CT molecular complexity index is 962. The molecule has 0 aliphatic carbocycles. The molecule has 1 N–H and O–H groups in total. The molecule has 0 saturated heterocycles. The molecule has 0 atom stereocenters. The number of thiocarbonyl (C=S) groups is 1. The highest BCUT2D eigenvalue weighted by Gasteiger charge is 2.13. The highest BCUT2D eigenvalue weighted by molar-refractivity contribution is 7.80. The Kier molecular flexibility index (Phi) is 7.63. The van der Waals surface area contributed by atoms with E-state index in [9.17, 15) is 0 Å². The fourth-order valence-corrected chi connectivity index (χ4v) is 3.38. The largest absolute Gasteiger partial charge is 0.493 e. The van der Waals surface area contributed by atoms with Gasteiger partial charge in [-0.2, -0.15) is 0 Å². The predicted octanol–water partition coefficient (Wildman–Crippen LogP) is 4.85. The van der Waals surface area contributed by atoms with Crippen molar-refractivity contribution in [3.05, 3.63) is 83.7 Å². The van der Waals surface area contributed by atoms with E-state index in [1.807, 2.05) is 36.5 Å². The number of nitrogens with zero attached hydrogens (tertiary/aromatic N) is 2. The first kappa shape index (κ1) is 21.6. The van der Waals surface area contributed by atoms with Crippen LogP contribution in [0.3, 0.4) is 0 Å². The number of hydrogen-bond acceptors (Lipinski definition) is 4.